The van der Waals surface area contributed by atoms with E-state index in [-0.39, 0.29) is 11.8 Å². The fourth-order valence-corrected chi connectivity index (χ4v) is 5.82. The number of hydrogen-bond acceptors (Lipinski definition) is 6. The number of methoxy groups -OCH3 is 1. The van der Waals surface area contributed by atoms with Crippen molar-refractivity contribution in [3.8, 4) is 5.75 Å². The van der Waals surface area contributed by atoms with Gasteiger partial charge in [0.15, 0.2) is 0 Å². The molecule has 2 bridgehead atoms. The quantitative estimate of drug-likeness (QED) is 0.686. The minimum atomic E-state index is -0.797. The van der Waals surface area contributed by atoms with Gasteiger partial charge in [0.2, 0.25) is 5.91 Å². The lowest BCUT2D eigenvalue weighted by molar-refractivity contribution is -0.133. The smallest absolute Gasteiger partial charge is 0.224 e. The van der Waals surface area contributed by atoms with Crippen LogP contribution in [0.2, 0.25) is 0 Å². The average Bonchev–Trinajstić information content (AvgIpc) is 3.48. The van der Waals surface area contributed by atoms with Crippen molar-refractivity contribution in [2.45, 2.75) is 63.3 Å². The highest BCUT2D eigenvalue weighted by atomic mass is 16.5. The molecule has 2 aromatic rings. The number of hydrogen-bond donors (Lipinski definition) is 2. The van der Waals surface area contributed by atoms with E-state index in [0.29, 0.717) is 24.2 Å². The van der Waals surface area contributed by atoms with Gasteiger partial charge in [-0.1, -0.05) is 36.3 Å². The van der Waals surface area contributed by atoms with Gasteiger partial charge in [-0.05, 0) is 44.2 Å². The Kier molecular flexibility index (Phi) is 5.90. The van der Waals surface area contributed by atoms with Crippen LogP contribution >= 0.6 is 0 Å². The third-order valence-electron chi connectivity index (χ3n) is 7.70. The summed E-state index contributed by atoms with van der Waals surface area (Å²) in [6.07, 6.45) is 7.61. The maximum atomic E-state index is 13.0. The molecule has 1 aromatic heterocycles. The number of aliphatic hydroxyl groups is 1. The molecule has 32 heavy (non-hydrogen) atoms. The highest BCUT2D eigenvalue weighted by Crippen LogP contribution is 2.39. The molecular formula is C24H33N5O3. The van der Waals surface area contributed by atoms with Crippen LogP contribution in [-0.2, 0) is 23.5 Å². The first-order valence-corrected chi connectivity index (χ1v) is 11.8. The van der Waals surface area contributed by atoms with Crippen molar-refractivity contribution in [2.75, 3.05) is 20.2 Å². The number of carbonyl (C=O) groups excluding carboxylic acids is 1. The van der Waals surface area contributed by atoms with Gasteiger partial charge in [0.05, 0.1) is 25.8 Å². The van der Waals surface area contributed by atoms with Crippen molar-refractivity contribution in [3.63, 3.8) is 0 Å². The van der Waals surface area contributed by atoms with E-state index in [1.807, 2.05) is 35.1 Å². The van der Waals surface area contributed by atoms with Crippen molar-refractivity contribution in [1.82, 2.24) is 25.2 Å². The molecule has 8 heteroatoms. The van der Waals surface area contributed by atoms with Crippen LogP contribution in [-0.4, -0.2) is 57.1 Å². The van der Waals surface area contributed by atoms with Gasteiger partial charge in [-0.2, -0.15) is 0 Å². The Balaban J connectivity index is 1.18. The Labute approximate surface area is 188 Å². The van der Waals surface area contributed by atoms with Gasteiger partial charge in [-0.3, -0.25) is 14.4 Å². The zero-order valence-electron chi connectivity index (χ0n) is 18.7. The summed E-state index contributed by atoms with van der Waals surface area (Å²) in [4.78, 5) is 15.4. The summed E-state index contributed by atoms with van der Waals surface area (Å²) in [7, 11) is 1.65. The summed E-state index contributed by atoms with van der Waals surface area (Å²) in [5, 5.41) is 22.5. The second-order valence-corrected chi connectivity index (χ2v) is 9.63. The zero-order chi connectivity index (χ0) is 22.1. The van der Waals surface area contributed by atoms with Crippen molar-refractivity contribution >= 4 is 5.91 Å². The van der Waals surface area contributed by atoms with Crippen molar-refractivity contribution in [2.24, 2.45) is 11.8 Å². The summed E-state index contributed by atoms with van der Waals surface area (Å²) in [5.41, 5.74) is 0.905. The molecule has 1 aliphatic carbocycles. The largest absolute Gasteiger partial charge is 0.496 e. The number of carbonyl (C=O) groups is 1. The van der Waals surface area contributed by atoms with Crippen molar-refractivity contribution < 1.29 is 14.6 Å². The van der Waals surface area contributed by atoms with Crippen LogP contribution < -0.4 is 10.1 Å². The second kappa shape index (κ2) is 8.83. The zero-order valence-corrected chi connectivity index (χ0v) is 18.7. The average molecular weight is 440 g/mol. The molecule has 4 fully saturated rings. The minimum absolute atomic E-state index is 0.0280. The lowest BCUT2D eigenvalue weighted by atomic mass is 9.75. The Hall–Kier alpha value is -2.45. The standard InChI is InChI=1S/C24H33N5O3/c1-32-21-7-3-2-6-18(21)13-25-23(30)20-15-28-11-8-17(20)12-19(28)14-29-16-22(26-27-29)24(31)9-4-5-10-24/h2-3,6-7,16-17,19-20,31H,4-5,8-15H2,1H3,(H,25,30)/t17-,19+,20-/m0/s1. The Bertz CT molecular complexity index is 955. The molecule has 172 valence electrons. The van der Waals surface area contributed by atoms with Gasteiger partial charge >= 0.3 is 0 Å². The molecule has 2 N–H and O–H groups in total. The van der Waals surface area contributed by atoms with E-state index >= 15 is 0 Å². The van der Waals surface area contributed by atoms with E-state index in [1.54, 1.807) is 7.11 Å². The number of amides is 1. The van der Waals surface area contributed by atoms with Crippen LogP contribution in [0.15, 0.2) is 30.5 Å². The second-order valence-electron chi connectivity index (χ2n) is 9.63. The summed E-state index contributed by atoms with van der Waals surface area (Å²) >= 11 is 0. The summed E-state index contributed by atoms with van der Waals surface area (Å²) in [6.45, 7) is 3.06. The van der Waals surface area contributed by atoms with Crippen LogP contribution in [0, 0.1) is 11.8 Å². The normalized spacial score (nSPS) is 28.6. The minimum Gasteiger partial charge on any atom is -0.496 e. The maximum Gasteiger partial charge on any atom is 0.224 e. The number of aromatic nitrogens is 3. The van der Waals surface area contributed by atoms with E-state index in [0.717, 1.165) is 69.5 Å². The van der Waals surface area contributed by atoms with E-state index in [9.17, 15) is 9.90 Å². The third kappa shape index (κ3) is 4.13. The number of nitrogens with zero attached hydrogens (tertiary/aromatic N) is 4. The van der Waals surface area contributed by atoms with Crippen LogP contribution in [0.5, 0.6) is 5.75 Å². The Morgan fingerprint density at radius 3 is 2.88 bits per heavy atom. The molecule has 3 saturated heterocycles. The van der Waals surface area contributed by atoms with Gasteiger partial charge in [0, 0.05) is 24.7 Å². The number of ether oxygens (including phenoxy) is 1. The van der Waals surface area contributed by atoms with E-state index in [2.05, 4.69) is 20.5 Å². The molecule has 0 spiro atoms. The monoisotopic (exact) mass is 439 g/mol. The number of benzene rings is 1. The van der Waals surface area contributed by atoms with Gasteiger partial charge in [-0.15, -0.1) is 5.10 Å². The number of piperidine rings is 3. The van der Waals surface area contributed by atoms with Crippen LogP contribution in [0.4, 0.5) is 0 Å². The number of para-hydroxylation sites is 1. The number of nitrogens with one attached hydrogen (secondary N) is 1. The van der Waals surface area contributed by atoms with Gasteiger partial charge in [0.25, 0.3) is 0 Å². The third-order valence-corrected chi connectivity index (χ3v) is 7.70. The van der Waals surface area contributed by atoms with Gasteiger partial charge in [-0.25, -0.2) is 0 Å². The fraction of sp³-hybridized carbons (Fsp3) is 0.625. The first-order valence-electron chi connectivity index (χ1n) is 11.8. The van der Waals surface area contributed by atoms with Crippen LogP contribution in [0.1, 0.15) is 49.8 Å². The predicted molar refractivity (Wildman–Crippen MR) is 119 cm³/mol. The molecule has 3 aliphatic heterocycles. The Morgan fingerprint density at radius 1 is 1.31 bits per heavy atom. The molecular weight excluding hydrogens is 406 g/mol. The summed E-state index contributed by atoms with van der Waals surface area (Å²) in [5.74, 6) is 1.36. The number of fused-ring (bicyclic) bond motifs is 3. The maximum absolute atomic E-state index is 13.0. The van der Waals surface area contributed by atoms with E-state index in [4.69, 9.17) is 4.74 Å². The molecule has 1 unspecified atom stereocenters. The molecule has 4 heterocycles. The molecule has 8 nitrogen and oxygen atoms in total. The van der Waals surface area contributed by atoms with E-state index < -0.39 is 5.60 Å². The molecule has 0 radical (unpaired) electrons. The first-order chi connectivity index (χ1) is 15.6. The van der Waals surface area contributed by atoms with Crippen molar-refractivity contribution in [1.29, 1.82) is 0 Å². The van der Waals surface area contributed by atoms with Gasteiger partial charge in [0.1, 0.15) is 17.0 Å². The lowest BCUT2D eigenvalue weighted by Gasteiger charge is -2.49. The topological polar surface area (TPSA) is 92.5 Å². The number of rotatable bonds is 7. The highest BCUT2D eigenvalue weighted by Gasteiger charge is 2.43. The van der Waals surface area contributed by atoms with Gasteiger partial charge < -0.3 is 15.2 Å². The van der Waals surface area contributed by atoms with Crippen LogP contribution in [0.25, 0.3) is 0 Å². The Morgan fingerprint density at radius 2 is 2.12 bits per heavy atom. The predicted octanol–water partition coefficient (Wildman–Crippen LogP) is 2.08. The lowest BCUT2D eigenvalue weighted by Crippen LogP contribution is -2.58. The van der Waals surface area contributed by atoms with Crippen LogP contribution in [0.3, 0.4) is 0 Å². The molecule has 1 aromatic carbocycles. The molecule has 1 saturated carbocycles. The molecule has 6 rings (SSSR count). The summed E-state index contributed by atoms with van der Waals surface area (Å²) < 4.78 is 7.28. The fourth-order valence-electron chi connectivity index (χ4n) is 5.82. The summed E-state index contributed by atoms with van der Waals surface area (Å²) in [6, 6.07) is 8.16. The molecule has 4 atom stereocenters. The SMILES string of the molecule is COc1ccccc1CNC(=O)[C@H]1CN2CC[C@H]1C[C@@H]2Cn1cc(C2(O)CCCC2)nn1. The first kappa shape index (κ1) is 21.4. The molecule has 1 amide bonds. The van der Waals surface area contributed by atoms with E-state index in [1.165, 1.54) is 0 Å². The van der Waals surface area contributed by atoms with Crippen molar-refractivity contribution in [3.05, 3.63) is 41.7 Å². The molecule has 4 aliphatic rings. The highest BCUT2D eigenvalue weighted by molar-refractivity contribution is 5.79.